The monoisotopic (exact) mass is 291 g/mol. The third-order valence-electron chi connectivity index (χ3n) is 3.60. The van der Waals surface area contributed by atoms with E-state index in [4.69, 9.17) is 5.11 Å². The number of nitrogens with one attached hydrogen (secondary N) is 1. The molecule has 1 rings (SSSR count). The number of carboxylic acid groups (broad SMARTS) is 1. The zero-order valence-electron chi connectivity index (χ0n) is 12.9. The Morgan fingerprint density at radius 3 is 2.29 bits per heavy atom. The normalized spacial score (nSPS) is 11.9. The molecular formula is C17H25NO3. The first kappa shape index (κ1) is 17.2. The number of benzene rings is 1. The molecule has 0 spiro atoms. The van der Waals surface area contributed by atoms with E-state index < -0.39 is 11.9 Å². The van der Waals surface area contributed by atoms with Crippen LogP contribution in [0.4, 0.5) is 0 Å². The molecule has 0 saturated heterocycles. The minimum Gasteiger partial charge on any atom is -0.481 e. The molecule has 1 unspecified atom stereocenters. The second kappa shape index (κ2) is 9.16. The first-order valence-corrected chi connectivity index (χ1v) is 7.64. The van der Waals surface area contributed by atoms with Crippen LogP contribution in [0.3, 0.4) is 0 Å². The minimum absolute atomic E-state index is 0.0862. The van der Waals surface area contributed by atoms with Crippen LogP contribution in [0.25, 0.3) is 0 Å². The number of carboxylic acids is 1. The topological polar surface area (TPSA) is 66.4 Å². The smallest absolute Gasteiger partial charge is 0.308 e. The van der Waals surface area contributed by atoms with Crippen molar-refractivity contribution in [2.75, 3.05) is 6.54 Å². The molecular weight excluding hydrogens is 266 g/mol. The van der Waals surface area contributed by atoms with Crippen LogP contribution >= 0.6 is 0 Å². The van der Waals surface area contributed by atoms with E-state index in [-0.39, 0.29) is 12.5 Å². The lowest BCUT2D eigenvalue weighted by Crippen LogP contribution is -2.33. The fourth-order valence-electron chi connectivity index (χ4n) is 2.19. The fourth-order valence-corrected chi connectivity index (χ4v) is 2.19. The first-order chi connectivity index (χ1) is 10.1. The quantitative estimate of drug-likeness (QED) is 0.735. The van der Waals surface area contributed by atoms with Gasteiger partial charge in [-0.15, -0.1) is 0 Å². The molecule has 1 aromatic carbocycles. The van der Waals surface area contributed by atoms with E-state index in [0.29, 0.717) is 19.3 Å². The van der Waals surface area contributed by atoms with E-state index in [1.54, 1.807) is 0 Å². The lowest BCUT2D eigenvalue weighted by Gasteiger charge is -2.12. The SMILES string of the molecule is CCCC(CNC(=O)CCc1ccc(CC)cc1)C(=O)O. The van der Waals surface area contributed by atoms with Gasteiger partial charge in [-0.1, -0.05) is 44.5 Å². The molecule has 0 saturated carbocycles. The largest absolute Gasteiger partial charge is 0.481 e. The summed E-state index contributed by atoms with van der Waals surface area (Å²) in [5, 5.41) is 11.7. The molecule has 4 heteroatoms. The molecule has 4 nitrogen and oxygen atoms in total. The summed E-state index contributed by atoms with van der Waals surface area (Å²) in [5.41, 5.74) is 2.41. The molecule has 0 aliphatic carbocycles. The second-order valence-corrected chi connectivity index (χ2v) is 5.30. The molecule has 0 heterocycles. The Morgan fingerprint density at radius 1 is 1.14 bits per heavy atom. The van der Waals surface area contributed by atoms with E-state index in [1.165, 1.54) is 5.56 Å². The maximum atomic E-state index is 11.8. The van der Waals surface area contributed by atoms with Gasteiger partial charge in [-0.3, -0.25) is 9.59 Å². The standard InChI is InChI=1S/C17H25NO3/c1-3-5-15(17(20)21)12-18-16(19)11-10-14-8-6-13(4-2)7-9-14/h6-9,15H,3-5,10-12H2,1-2H3,(H,18,19)(H,20,21). The predicted octanol–water partition coefficient (Wildman–Crippen LogP) is 2.80. The zero-order chi connectivity index (χ0) is 15.7. The highest BCUT2D eigenvalue weighted by molar-refractivity contribution is 5.77. The Bertz CT molecular complexity index is 454. The van der Waals surface area contributed by atoms with Crippen molar-refractivity contribution < 1.29 is 14.7 Å². The molecule has 1 amide bonds. The lowest BCUT2D eigenvalue weighted by molar-refractivity contribution is -0.141. The van der Waals surface area contributed by atoms with Crippen molar-refractivity contribution in [2.24, 2.45) is 5.92 Å². The van der Waals surface area contributed by atoms with Crippen LogP contribution in [0, 0.1) is 5.92 Å². The van der Waals surface area contributed by atoms with Crippen LogP contribution in [0.1, 0.15) is 44.2 Å². The molecule has 0 aromatic heterocycles. The number of rotatable bonds is 9. The van der Waals surface area contributed by atoms with Gasteiger partial charge in [0.25, 0.3) is 0 Å². The van der Waals surface area contributed by atoms with Crippen molar-refractivity contribution in [1.29, 1.82) is 0 Å². The van der Waals surface area contributed by atoms with E-state index in [0.717, 1.165) is 18.4 Å². The predicted molar refractivity (Wildman–Crippen MR) is 83.2 cm³/mol. The molecule has 0 fully saturated rings. The first-order valence-electron chi connectivity index (χ1n) is 7.64. The summed E-state index contributed by atoms with van der Waals surface area (Å²) >= 11 is 0. The minimum atomic E-state index is -0.840. The van der Waals surface area contributed by atoms with Gasteiger partial charge in [0.05, 0.1) is 5.92 Å². The maximum Gasteiger partial charge on any atom is 0.308 e. The van der Waals surface area contributed by atoms with Crippen LogP contribution in [0.5, 0.6) is 0 Å². The van der Waals surface area contributed by atoms with Crippen molar-refractivity contribution >= 4 is 11.9 Å². The van der Waals surface area contributed by atoms with Gasteiger partial charge in [-0.05, 0) is 30.4 Å². The van der Waals surface area contributed by atoms with Crippen LogP contribution in [-0.4, -0.2) is 23.5 Å². The Morgan fingerprint density at radius 2 is 1.76 bits per heavy atom. The summed E-state index contributed by atoms with van der Waals surface area (Å²) in [5.74, 6) is -1.41. The van der Waals surface area contributed by atoms with Crippen molar-refractivity contribution in [2.45, 2.75) is 46.0 Å². The van der Waals surface area contributed by atoms with E-state index >= 15 is 0 Å². The van der Waals surface area contributed by atoms with Gasteiger partial charge in [-0.25, -0.2) is 0 Å². The number of amides is 1. The molecule has 1 aromatic rings. The van der Waals surface area contributed by atoms with Crippen LogP contribution in [0.2, 0.25) is 0 Å². The Balaban J connectivity index is 2.34. The highest BCUT2D eigenvalue weighted by Crippen LogP contribution is 2.08. The summed E-state index contributed by atoms with van der Waals surface area (Å²) < 4.78 is 0. The van der Waals surface area contributed by atoms with E-state index in [2.05, 4.69) is 24.4 Å². The lowest BCUT2D eigenvalue weighted by atomic mass is 10.0. The number of aliphatic carboxylic acids is 1. The van der Waals surface area contributed by atoms with Gasteiger partial charge < -0.3 is 10.4 Å². The van der Waals surface area contributed by atoms with Gasteiger partial charge in [0.1, 0.15) is 0 Å². The number of aryl methyl sites for hydroxylation is 2. The van der Waals surface area contributed by atoms with Crippen LogP contribution in [-0.2, 0) is 22.4 Å². The summed E-state index contributed by atoms with van der Waals surface area (Å²) in [7, 11) is 0. The molecule has 0 aliphatic rings. The van der Waals surface area contributed by atoms with Gasteiger partial charge in [-0.2, -0.15) is 0 Å². The third-order valence-corrected chi connectivity index (χ3v) is 3.60. The fraction of sp³-hybridized carbons (Fsp3) is 0.529. The average molecular weight is 291 g/mol. The highest BCUT2D eigenvalue weighted by atomic mass is 16.4. The van der Waals surface area contributed by atoms with Gasteiger partial charge in [0, 0.05) is 13.0 Å². The molecule has 2 N–H and O–H groups in total. The molecule has 1 atom stereocenters. The van der Waals surface area contributed by atoms with Gasteiger partial charge in [0.15, 0.2) is 0 Å². The maximum absolute atomic E-state index is 11.8. The molecule has 0 radical (unpaired) electrons. The summed E-state index contributed by atoms with van der Waals surface area (Å²) in [6, 6.07) is 8.25. The summed E-state index contributed by atoms with van der Waals surface area (Å²) in [6.07, 6.45) is 3.48. The second-order valence-electron chi connectivity index (χ2n) is 5.30. The van der Waals surface area contributed by atoms with Crippen molar-refractivity contribution in [3.05, 3.63) is 35.4 Å². The molecule has 21 heavy (non-hydrogen) atoms. The molecule has 116 valence electrons. The third kappa shape index (κ3) is 6.43. The number of carbonyl (C=O) groups excluding carboxylic acids is 1. The van der Waals surface area contributed by atoms with Crippen molar-refractivity contribution in [3.8, 4) is 0 Å². The Hall–Kier alpha value is -1.84. The van der Waals surface area contributed by atoms with Crippen LogP contribution in [0.15, 0.2) is 24.3 Å². The number of carbonyl (C=O) groups is 2. The van der Waals surface area contributed by atoms with Gasteiger partial charge in [0.2, 0.25) is 5.91 Å². The summed E-state index contributed by atoms with van der Waals surface area (Å²) in [6.45, 7) is 4.27. The molecule has 0 bridgehead atoms. The van der Waals surface area contributed by atoms with Crippen LogP contribution < -0.4 is 5.32 Å². The zero-order valence-corrected chi connectivity index (χ0v) is 12.9. The average Bonchev–Trinajstić information content (AvgIpc) is 2.49. The Kier molecular flexibility index (Phi) is 7.51. The number of hydrogen-bond donors (Lipinski definition) is 2. The highest BCUT2D eigenvalue weighted by Gasteiger charge is 2.16. The van der Waals surface area contributed by atoms with Crippen molar-refractivity contribution in [1.82, 2.24) is 5.32 Å². The Labute approximate surface area is 126 Å². The van der Waals surface area contributed by atoms with Gasteiger partial charge >= 0.3 is 5.97 Å². The van der Waals surface area contributed by atoms with E-state index in [9.17, 15) is 9.59 Å². The summed E-state index contributed by atoms with van der Waals surface area (Å²) in [4.78, 5) is 22.8. The van der Waals surface area contributed by atoms with Crippen molar-refractivity contribution in [3.63, 3.8) is 0 Å². The van der Waals surface area contributed by atoms with E-state index in [1.807, 2.05) is 19.1 Å². The molecule has 0 aliphatic heterocycles. The number of hydrogen-bond acceptors (Lipinski definition) is 2.